The van der Waals surface area contributed by atoms with E-state index >= 15 is 0 Å². The van der Waals surface area contributed by atoms with Crippen LogP contribution in [0.4, 0.5) is 19.0 Å². The Kier molecular flexibility index (Phi) is 4.41. The quantitative estimate of drug-likeness (QED) is 0.532. The van der Waals surface area contributed by atoms with Gasteiger partial charge in [-0.25, -0.2) is 0 Å². The fourth-order valence-electron chi connectivity index (χ4n) is 2.90. The molecule has 0 saturated carbocycles. The number of hydrogen-bond donors (Lipinski definition) is 2. The third-order valence-electron chi connectivity index (χ3n) is 4.32. The van der Waals surface area contributed by atoms with Gasteiger partial charge in [0.1, 0.15) is 11.2 Å². The van der Waals surface area contributed by atoms with Crippen molar-refractivity contribution in [3.05, 3.63) is 63.7 Å². The molecule has 0 unspecified atom stereocenters. The number of rotatable bonds is 3. The summed E-state index contributed by atoms with van der Waals surface area (Å²) in [6, 6.07) is 5.54. The Labute approximate surface area is 166 Å². The van der Waals surface area contributed by atoms with Crippen molar-refractivity contribution >= 4 is 22.8 Å². The highest BCUT2D eigenvalue weighted by Crippen LogP contribution is 2.29. The van der Waals surface area contributed by atoms with Gasteiger partial charge in [0.2, 0.25) is 5.95 Å². The van der Waals surface area contributed by atoms with E-state index in [-0.39, 0.29) is 22.7 Å². The average Bonchev–Trinajstić information content (AvgIpc) is 3.24. The SMILES string of the molecule is Cc1cc(NC(=O)c2cccc(C(F)(F)F)c2)n(-c2nc3c(cnn3C)c(=O)[nH]2)n1. The first-order valence-electron chi connectivity index (χ1n) is 8.61. The highest BCUT2D eigenvalue weighted by molar-refractivity contribution is 6.04. The van der Waals surface area contributed by atoms with Crippen molar-refractivity contribution in [2.75, 3.05) is 5.32 Å². The lowest BCUT2D eigenvalue weighted by molar-refractivity contribution is -0.137. The van der Waals surface area contributed by atoms with Crippen LogP contribution in [0.5, 0.6) is 0 Å². The number of nitrogens with one attached hydrogen (secondary N) is 2. The van der Waals surface area contributed by atoms with Gasteiger partial charge in [-0.2, -0.15) is 33.0 Å². The van der Waals surface area contributed by atoms with Crippen molar-refractivity contribution in [2.45, 2.75) is 13.1 Å². The van der Waals surface area contributed by atoms with Gasteiger partial charge in [-0.3, -0.25) is 19.3 Å². The van der Waals surface area contributed by atoms with E-state index in [9.17, 15) is 22.8 Å². The maximum atomic E-state index is 12.9. The zero-order valence-corrected chi connectivity index (χ0v) is 15.7. The van der Waals surface area contributed by atoms with Crippen LogP contribution in [-0.2, 0) is 13.2 Å². The van der Waals surface area contributed by atoms with Crippen LogP contribution in [0.3, 0.4) is 0 Å². The summed E-state index contributed by atoms with van der Waals surface area (Å²) in [7, 11) is 1.61. The first-order valence-corrected chi connectivity index (χ1v) is 8.61. The van der Waals surface area contributed by atoms with Gasteiger partial charge in [0.15, 0.2) is 5.65 Å². The van der Waals surface area contributed by atoms with E-state index in [1.165, 1.54) is 27.7 Å². The minimum absolute atomic E-state index is 0.0172. The molecule has 1 aromatic carbocycles. The van der Waals surface area contributed by atoms with Crippen molar-refractivity contribution in [1.29, 1.82) is 0 Å². The molecule has 30 heavy (non-hydrogen) atoms. The van der Waals surface area contributed by atoms with E-state index in [1.807, 2.05) is 0 Å². The highest BCUT2D eigenvalue weighted by atomic mass is 19.4. The van der Waals surface area contributed by atoms with E-state index in [0.29, 0.717) is 11.3 Å². The Hall–Kier alpha value is -3.96. The van der Waals surface area contributed by atoms with Crippen molar-refractivity contribution in [1.82, 2.24) is 29.5 Å². The van der Waals surface area contributed by atoms with Crippen LogP contribution >= 0.6 is 0 Å². The molecule has 0 bridgehead atoms. The number of halogens is 3. The summed E-state index contributed by atoms with van der Waals surface area (Å²) < 4.78 is 41.4. The predicted octanol–water partition coefficient (Wildman–Crippen LogP) is 2.42. The minimum Gasteiger partial charge on any atom is -0.306 e. The summed E-state index contributed by atoms with van der Waals surface area (Å²) in [5.41, 5.74) is -0.781. The zero-order chi connectivity index (χ0) is 21.6. The van der Waals surface area contributed by atoms with Gasteiger partial charge in [-0.1, -0.05) is 6.07 Å². The molecule has 4 rings (SSSR count). The standard InChI is InChI=1S/C18H14F3N7O2/c1-9-6-13(23-15(29)10-4-3-5-11(7-10)18(19,20)21)28(26-9)17-24-14-12(16(30)25-17)8-22-27(14)2/h3-8H,1-2H3,(H,23,29)(H,24,25,30). The number of hydrogen-bond acceptors (Lipinski definition) is 5. The molecule has 9 nitrogen and oxygen atoms in total. The number of aromatic nitrogens is 6. The number of amides is 1. The van der Waals surface area contributed by atoms with E-state index in [1.54, 1.807) is 14.0 Å². The number of aryl methyl sites for hydroxylation is 2. The monoisotopic (exact) mass is 417 g/mol. The van der Waals surface area contributed by atoms with Crippen molar-refractivity contribution in [3.8, 4) is 5.95 Å². The molecule has 0 aliphatic carbocycles. The van der Waals surface area contributed by atoms with Crippen LogP contribution in [0.1, 0.15) is 21.6 Å². The number of aromatic amines is 1. The van der Waals surface area contributed by atoms with Gasteiger partial charge >= 0.3 is 6.18 Å². The summed E-state index contributed by atoms with van der Waals surface area (Å²) >= 11 is 0. The summed E-state index contributed by atoms with van der Waals surface area (Å²) in [5, 5.41) is 11.0. The van der Waals surface area contributed by atoms with Crippen LogP contribution < -0.4 is 10.9 Å². The molecule has 4 aromatic rings. The fraction of sp³-hybridized carbons (Fsp3) is 0.167. The smallest absolute Gasteiger partial charge is 0.306 e. The van der Waals surface area contributed by atoms with Gasteiger partial charge in [0, 0.05) is 18.7 Å². The highest BCUT2D eigenvalue weighted by Gasteiger charge is 2.31. The van der Waals surface area contributed by atoms with E-state index in [0.717, 1.165) is 18.2 Å². The minimum atomic E-state index is -4.57. The number of alkyl halides is 3. The third kappa shape index (κ3) is 3.43. The second-order valence-electron chi connectivity index (χ2n) is 6.51. The Balaban J connectivity index is 1.72. The molecular formula is C18H14F3N7O2. The molecule has 0 aliphatic heterocycles. The van der Waals surface area contributed by atoms with Gasteiger partial charge in [0.05, 0.1) is 17.5 Å². The van der Waals surface area contributed by atoms with Crippen LogP contribution in [0.15, 0.2) is 41.3 Å². The average molecular weight is 417 g/mol. The van der Waals surface area contributed by atoms with Gasteiger partial charge in [0.25, 0.3) is 11.5 Å². The van der Waals surface area contributed by atoms with E-state index < -0.39 is 23.2 Å². The fourth-order valence-corrected chi connectivity index (χ4v) is 2.90. The number of carbonyl (C=O) groups excluding carboxylic acids is 1. The number of H-pyrrole nitrogens is 1. The van der Waals surface area contributed by atoms with Crippen LogP contribution in [0.2, 0.25) is 0 Å². The van der Waals surface area contributed by atoms with Crippen LogP contribution in [-0.4, -0.2) is 35.4 Å². The Morgan fingerprint density at radius 1 is 1.23 bits per heavy atom. The zero-order valence-electron chi connectivity index (χ0n) is 15.7. The van der Waals surface area contributed by atoms with E-state index in [4.69, 9.17) is 0 Å². The van der Waals surface area contributed by atoms with Crippen molar-refractivity contribution in [3.63, 3.8) is 0 Å². The van der Waals surface area contributed by atoms with Crippen molar-refractivity contribution in [2.24, 2.45) is 7.05 Å². The summed E-state index contributed by atoms with van der Waals surface area (Å²) in [6.45, 7) is 1.65. The molecule has 0 spiro atoms. The number of anilines is 1. The Morgan fingerprint density at radius 2 is 2.00 bits per heavy atom. The maximum absolute atomic E-state index is 12.9. The number of benzene rings is 1. The molecule has 0 radical (unpaired) electrons. The summed E-state index contributed by atoms with van der Waals surface area (Å²) in [6.07, 6.45) is -3.20. The van der Waals surface area contributed by atoms with Gasteiger partial charge in [-0.15, -0.1) is 0 Å². The third-order valence-corrected chi connectivity index (χ3v) is 4.32. The number of carbonyl (C=O) groups is 1. The lowest BCUT2D eigenvalue weighted by Gasteiger charge is -2.10. The van der Waals surface area contributed by atoms with E-state index in [2.05, 4.69) is 25.5 Å². The molecule has 3 heterocycles. The molecule has 0 saturated heterocycles. The molecule has 12 heteroatoms. The second-order valence-corrected chi connectivity index (χ2v) is 6.51. The number of fused-ring (bicyclic) bond motifs is 1. The second kappa shape index (κ2) is 6.83. The molecular weight excluding hydrogens is 403 g/mol. The normalized spacial score (nSPS) is 11.8. The first-order chi connectivity index (χ1) is 14.1. The molecule has 0 atom stereocenters. The molecule has 1 amide bonds. The van der Waals surface area contributed by atoms with Gasteiger partial charge < -0.3 is 5.32 Å². The van der Waals surface area contributed by atoms with Crippen molar-refractivity contribution < 1.29 is 18.0 Å². The Morgan fingerprint density at radius 3 is 2.73 bits per heavy atom. The number of nitrogens with zero attached hydrogens (tertiary/aromatic N) is 5. The predicted molar refractivity (Wildman–Crippen MR) is 100 cm³/mol. The molecule has 0 aliphatic rings. The lowest BCUT2D eigenvalue weighted by atomic mass is 10.1. The van der Waals surface area contributed by atoms with Gasteiger partial charge in [-0.05, 0) is 25.1 Å². The largest absolute Gasteiger partial charge is 0.416 e. The van der Waals surface area contributed by atoms with Crippen LogP contribution in [0.25, 0.3) is 17.0 Å². The lowest BCUT2D eigenvalue weighted by Crippen LogP contribution is -2.19. The summed E-state index contributed by atoms with van der Waals surface area (Å²) in [5.74, 6) is -0.630. The molecule has 2 N–H and O–H groups in total. The topological polar surface area (TPSA) is 110 Å². The molecule has 3 aromatic heterocycles. The van der Waals surface area contributed by atoms with Crippen LogP contribution in [0, 0.1) is 6.92 Å². The first kappa shape index (κ1) is 19.4. The molecule has 154 valence electrons. The molecule has 0 fully saturated rings. The summed E-state index contributed by atoms with van der Waals surface area (Å²) in [4.78, 5) is 31.7. The Bertz CT molecular complexity index is 1330. The maximum Gasteiger partial charge on any atom is 0.416 e.